The molecule has 1 fully saturated rings. The molecular formula is C10H19O. The Morgan fingerprint density at radius 3 is 3.00 bits per heavy atom. The smallest absolute Gasteiger partial charge is 0.0603 e. The molecule has 1 nitrogen and oxygen atoms in total. The maximum absolute atomic E-state index is 5.71. The minimum absolute atomic E-state index is 0.517. The lowest BCUT2D eigenvalue weighted by atomic mass is 9.88. The van der Waals surface area contributed by atoms with E-state index in [0.717, 1.165) is 18.9 Å². The zero-order valence-electron chi connectivity index (χ0n) is 7.68. The first-order valence-electron chi connectivity index (χ1n) is 4.78. The Kier molecular flexibility index (Phi) is 3.92. The van der Waals surface area contributed by atoms with E-state index in [9.17, 15) is 0 Å². The molecule has 1 rings (SSSR count). The third-order valence-corrected chi connectivity index (χ3v) is 2.40. The molecule has 0 amide bonds. The Bertz CT molecular complexity index is 101. The van der Waals surface area contributed by atoms with Gasteiger partial charge in [0.2, 0.25) is 0 Å². The van der Waals surface area contributed by atoms with Gasteiger partial charge in [-0.05, 0) is 38.0 Å². The molecule has 1 aliphatic rings. The van der Waals surface area contributed by atoms with Gasteiger partial charge in [-0.25, -0.2) is 0 Å². The van der Waals surface area contributed by atoms with Crippen molar-refractivity contribution >= 4 is 0 Å². The van der Waals surface area contributed by atoms with Gasteiger partial charge in [0.05, 0.1) is 6.10 Å². The summed E-state index contributed by atoms with van der Waals surface area (Å²) in [6.07, 6.45) is 7.79. The van der Waals surface area contributed by atoms with Crippen LogP contribution in [0.2, 0.25) is 0 Å². The molecule has 0 aromatic rings. The highest BCUT2D eigenvalue weighted by atomic mass is 16.5. The molecule has 1 saturated carbocycles. The lowest BCUT2D eigenvalue weighted by Crippen LogP contribution is -2.26. The topological polar surface area (TPSA) is 9.23 Å². The quantitative estimate of drug-likeness (QED) is 0.609. The fraction of sp³-hybridized carbons (Fsp3) is 0.900. The third kappa shape index (κ3) is 2.82. The monoisotopic (exact) mass is 155 g/mol. The first-order chi connectivity index (χ1) is 5.34. The summed E-state index contributed by atoms with van der Waals surface area (Å²) in [5, 5.41) is 0. The molecule has 1 heteroatoms. The molecule has 0 N–H and O–H groups in total. The normalized spacial score (nSPS) is 32.2. The van der Waals surface area contributed by atoms with Crippen LogP contribution in [0.1, 0.15) is 39.5 Å². The van der Waals surface area contributed by atoms with Gasteiger partial charge >= 0.3 is 0 Å². The standard InChI is InChI=1S/C10H19O/c1-3-8-11-10-7-5-4-6-9(10)2/h5,9-10H,3-4,6-8H2,1-2H3. The van der Waals surface area contributed by atoms with Crippen molar-refractivity contribution in [1.29, 1.82) is 0 Å². The van der Waals surface area contributed by atoms with Crippen LogP contribution in [0.4, 0.5) is 0 Å². The van der Waals surface area contributed by atoms with Gasteiger partial charge in [0, 0.05) is 6.61 Å². The van der Waals surface area contributed by atoms with Crippen molar-refractivity contribution in [2.24, 2.45) is 5.92 Å². The van der Waals surface area contributed by atoms with Crippen LogP contribution in [-0.2, 0) is 4.74 Å². The lowest BCUT2D eigenvalue weighted by molar-refractivity contribution is 0.00606. The van der Waals surface area contributed by atoms with E-state index < -0.39 is 0 Å². The van der Waals surface area contributed by atoms with Crippen LogP contribution in [0.5, 0.6) is 0 Å². The van der Waals surface area contributed by atoms with Crippen molar-refractivity contribution < 1.29 is 4.74 Å². The van der Waals surface area contributed by atoms with E-state index >= 15 is 0 Å². The second-order valence-corrected chi connectivity index (χ2v) is 3.49. The molecular weight excluding hydrogens is 136 g/mol. The van der Waals surface area contributed by atoms with Crippen LogP contribution in [0, 0.1) is 12.3 Å². The molecule has 2 atom stereocenters. The highest BCUT2D eigenvalue weighted by Crippen LogP contribution is 2.25. The highest BCUT2D eigenvalue weighted by Gasteiger charge is 2.21. The van der Waals surface area contributed by atoms with Gasteiger partial charge in [0.25, 0.3) is 0 Å². The van der Waals surface area contributed by atoms with Crippen LogP contribution in [0.25, 0.3) is 0 Å². The van der Waals surface area contributed by atoms with Crippen LogP contribution < -0.4 is 0 Å². The Balaban J connectivity index is 2.18. The van der Waals surface area contributed by atoms with Gasteiger partial charge in [0.15, 0.2) is 0 Å². The van der Waals surface area contributed by atoms with Crippen LogP contribution in [-0.4, -0.2) is 12.7 Å². The Hall–Kier alpha value is -0.0400. The molecule has 0 heterocycles. The van der Waals surface area contributed by atoms with Crippen molar-refractivity contribution in [2.75, 3.05) is 6.61 Å². The van der Waals surface area contributed by atoms with Crippen molar-refractivity contribution in [3.05, 3.63) is 6.42 Å². The fourth-order valence-corrected chi connectivity index (χ4v) is 1.58. The summed E-state index contributed by atoms with van der Waals surface area (Å²) in [6.45, 7) is 5.40. The average Bonchev–Trinajstić information content (AvgIpc) is 2.03. The molecule has 0 bridgehead atoms. The SMILES string of the molecule is CCCOC1C[CH]CCC1C. The van der Waals surface area contributed by atoms with Crippen molar-refractivity contribution in [3.63, 3.8) is 0 Å². The van der Waals surface area contributed by atoms with E-state index in [4.69, 9.17) is 4.74 Å². The first kappa shape index (κ1) is 9.05. The molecule has 1 aliphatic carbocycles. The van der Waals surface area contributed by atoms with Gasteiger partial charge in [-0.3, -0.25) is 0 Å². The molecule has 0 aromatic heterocycles. The second kappa shape index (κ2) is 4.76. The Morgan fingerprint density at radius 1 is 1.55 bits per heavy atom. The maximum Gasteiger partial charge on any atom is 0.0603 e. The molecule has 1 radical (unpaired) electrons. The van der Waals surface area contributed by atoms with Crippen LogP contribution >= 0.6 is 0 Å². The predicted molar refractivity (Wildman–Crippen MR) is 47.3 cm³/mol. The number of hydrogen-bond acceptors (Lipinski definition) is 1. The molecule has 0 aliphatic heterocycles. The van der Waals surface area contributed by atoms with E-state index in [0.29, 0.717) is 6.10 Å². The second-order valence-electron chi connectivity index (χ2n) is 3.49. The summed E-state index contributed by atoms with van der Waals surface area (Å²) in [7, 11) is 0. The third-order valence-electron chi connectivity index (χ3n) is 2.40. The summed E-state index contributed by atoms with van der Waals surface area (Å²) in [4.78, 5) is 0. The Labute approximate surface area is 70.1 Å². The van der Waals surface area contributed by atoms with E-state index in [1.807, 2.05) is 0 Å². The minimum Gasteiger partial charge on any atom is -0.378 e. The fourth-order valence-electron chi connectivity index (χ4n) is 1.58. The zero-order chi connectivity index (χ0) is 8.10. The summed E-state index contributed by atoms with van der Waals surface area (Å²) in [6, 6.07) is 0. The molecule has 0 aromatic carbocycles. The van der Waals surface area contributed by atoms with Gasteiger partial charge < -0.3 is 4.74 Å². The number of ether oxygens (including phenoxy) is 1. The summed E-state index contributed by atoms with van der Waals surface area (Å²) in [5.41, 5.74) is 0. The maximum atomic E-state index is 5.71. The predicted octanol–water partition coefficient (Wildman–Crippen LogP) is 2.81. The highest BCUT2D eigenvalue weighted by molar-refractivity contribution is 4.82. The number of rotatable bonds is 3. The summed E-state index contributed by atoms with van der Waals surface area (Å²) >= 11 is 0. The summed E-state index contributed by atoms with van der Waals surface area (Å²) in [5.74, 6) is 0.770. The average molecular weight is 155 g/mol. The van der Waals surface area contributed by atoms with Crippen LogP contribution in [0.3, 0.4) is 0 Å². The zero-order valence-corrected chi connectivity index (χ0v) is 7.68. The lowest BCUT2D eigenvalue weighted by Gasteiger charge is -2.28. The Morgan fingerprint density at radius 2 is 2.36 bits per heavy atom. The molecule has 0 saturated heterocycles. The summed E-state index contributed by atoms with van der Waals surface area (Å²) < 4.78 is 5.71. The van der Waals surface area contributed by atoms with Crippen molar-refractivity contribution in [1.82, 2.24) is 0 Å². The largest absolute Gasteiger partial charge is 0.378 e. The van der Waals surface area contributed by atoms with Gasteiger partial charge in [-0.1, -0.05) is 13.8 Å². The molecule has 0 spiro atoms. The van der Waals surface area contributed by atoms with E-state index in [1.165, 1.54) is 19.3 Å². The van der Waals surface area contributed by atoms with Gasteiger partial charge in [0.1, 0.15) is 0 Å². The van der Waals surface area contributed by atoms with Crippen LogP contribution in [0.15, 0.2) is 0 Å². The van der Waals surface area contributed by atoms with Gasteiger partial charge in [-0.15, -0.1) is 0 Å². The molecule has 65 valence electrons. The van der Waals surface area contributed by atoms with E-state index in [1.54, 1.807) is 0 Å². The van der Waals surface area contributed by atoms with E-state index in [-0.39, 0.29) is 0 Å². The molecule has 11 heavy (non-hydrogen) atoms. The minimum atomic E-state index is 0.517. The van der Waals surface area contributed by atoms with Gasteiger partial charge in [-0.2, -0.15) is 0 Å². The number of hydrogen-bond donors (Lipinski definition) is 0. The van der Waals surface area contributed by atoms with E-state index in [2.05, 4.69) is 20.3 Å². The van der Waals surface area contributed by atoms with Crippen molar-refractivity contribution in [2.45, 2.75) is 45.6 Å². The first-order valence-corrected chi connectivity index (χ1v) is 4.78. The molecule has 2 unspecified atom stereocenters. The van der Waals surface area contributed by atoms with Crippen molar-refractivity contribution in [3.8, 4) is 0 Å².